The summed E-state index contributed by atoms with van der Waals surface area (Å²) in [6.45, 7) is 36.1. The van der Waals surface area contributed by atoms with Crippen LogP contribution in [0.2, 0.25) is 0 Å². The Kier molecular flexibility index (Phi) is 31.8. The molecule has 0 rings (SSSR count). The number of Topliss-reactive ketones (excluding diaryl/α,β-unsaturated/α-hetero) is 4. The second-order valence-corrected chi connectivity index (χ2v) is 15.8. The third kappa shape index (κ3) is 33.9. The maximum absolute atomic E-state index is 11.9. The van der Waals surface area contributed by atoms with Crippen molar-refractivity contribution >= 4 is 23.1 Å². The molecule has 0 radical (unpaired) electrons. The lowest BCUT2D eigenvalue weighted by atomic mass is 9.94. The van der Waals surface area contributed by atoms with Crippen molar-refractivity contribution in [2.45, 2.75) is 187 Å². The van der Waals surface area contributed by atoms with Gasteiger partial charge in [-0.2, -0.15) is 0 Å². The summed E-state index contributed by atoms with van der Waals surface area (Å²) in [7, 11) is 0. The standard InChI is InChI=1S/C12H25NO.C10H21NO.C9H19NO.C7H15NO/c1-8(2)7-11(13-10(5)6)12(14)9(3)4;1-7(2)6-10(9(5)12)11-8(3)4;1-6(2)5-8(10)9(11)7(3)4;1-5(2)4-7(8)6(3)9/h8-11,13H,7H2,1-6H3;7-8,10-11H,6H2,1-5H3;6-8H,5,10H2,1-4H3;5,7H,4,8H2,1-3H3. The summed E-state index contributed by atoms with van der Waals surface area (Å²) in [6.07, 6.45) is 3.48. The summed E-state index contributed by atoms with van der Waals surface area (Å²) >= 11 is 0. The van der Waals surface area contributed by atoms with Crippen LogP contribution < -0.4 is 22.1 Å². The van der Waals surface area contributed by atoms with E-state index in [0.717, 1.165) is 25.7 Å². The lowest BCUT2D eigenvalue weighted by Crippen LogP contribution is -2.43. The zero-order chi connectivity index (χ0) is 37.5. The molecular formula is C38H80N4O4. The van der Waals surface area contributed by atoms with Crippen molar-refractivity contribution in [1.82, 2.24) is 10.6 Å². The first-order valence-electron chi connectivity index (χ1n) is 17.9. The Hall–Kier alpha value is -1.48. The maximum Gasteiger partial charge on any atom is 0.152 e. The first kappa shape index (κ1) is 51.4. The fourth-order valence-electron chi connectivity index (χ4n) is 4.49. The number of hydrogen-bond donors (Lipinski definition) is 4. The van der Waals surface area contributed by atoms with Crippen molar-refractivity contribution in [2.24, 2.45) is 47.0 Å². The summed E-state index contributed by atoms with van der Waals surface area (Å²) in [5.41, 5.74) is 11.1. The highest BCUT2D eigenvalue weighted by atomic mass is 16.1. The van der Waals surface area contributed by atoms with Crippen LogP contribution in [0.4, 0.5) is 0 Å². The summed E-state index contributed by atoms with van der Waals surface area (Å²) in [5, 5.41) is 6.60. The van der Waals surface area contributed by atoms with Crippen molar-refractivity contribution < 1.29 is 19.2 Å². The average molecular weight is 657 g/mol. The van der Waals surface area contributed by atoms with Crippen molar-refractivity contribution in [3.05, 3.63) is 0 Å². The van der Waals surface area contributed by atoms with Crippen LogP contribution in [0.3, 0.4) is 0 Å². The van der Waals surface area contributed by atoms with Gasteiger partial charge >= 0.3 is 0 Å². The lowest BCUT2D eigenvalue weighted by molar-refractivity contribution is -0.124. The highest BCUT2D eigenvalue weighted by Crippen LogP contribution is 2.11. The van der Waals surface area contributed by atoms with Gasteiger partial charge in [0.15, 0.2) is 11.6 Å². The minimum Gasteiger partial charge on any atom is -0.322 e. The quantitative estimate of drug-likeness (QED) is 0.122. The van der Waals surface area contributed by atoms with E-state index in [9.17, 15) is 19.2 Å². The fourth-order valence-corrected chi connectivity index (χ4v) is 4.49. The summed E-state index contributed by atoms with van der Waals surface area (Å²) in [4.78, 5) is 44.8. The molecule has 6 N–H and O–H groups in total. The van der Waals surface area contributed by atoms with Gasteiger partial charge in [-0.3, -0.25) is 19.2 Å². The third-order valence-electron chi connectivity index (χ3n) is 6.79. The minimum atomic E-state index is -0.255. The minimum absolute atomic E-state index is 0.0370. The van der Waals surface area contributed by atoms with Gasteiger partial charge in [-0.15, -0.1) is 0 Å². The average Bonchev–Trinajstić information content (AvgIpc) is 2.86. The molecule has 0 aromatic rings. The van der Waals surface area contributed by atoms with E-state index in [4.69, 9.17) is 11.5 Å². The van der Waals surface area contributed by atoms with Gasteiger partial charge in [-0.05, 0) is 63.2 Å². The number of carbonyl (C=O) groups excluding carboxylic acids is 4. The molecule has 0 spiro atoms. The van der Waals surface area contributed by atoms with Crippen LogP contribution in [0.1, 0.15) is 150 Å². The molecule has 0 saturated heterocycles. The van der Waals surface area contributed by atoms with Crippen LogP contribution in [0, 0.1) is 35.5 Å². The summed E-state index contributed by atoms with van der Waals surface area (Å²) in [6, 6.07) is 0.346. The van der Waals surface area contributed by atoms with E-state index in [0.29, 0.717) is 41.5 Å². The first-order chi connectivity index (χ1) is 20.8. The molecule has 4 atom stereocenters. The second-order valence-electron chi connectivity index (χ2n) is 15.8. The van der Waals surface area contributed by atoms with Crippen molar-refractivity contribution in [2.75, 3.05) is 0 Å². The van der Waals surface area contributed by atoms with Gasteiger partial charge in [-0.25, -0.2) is 0 Å². The molecule has 0 bridgehead atoms. The predicted molar refractivity (Wildman–Crippen MR) is 199 cm³/mol. The highest BCUT2D eigenvalue weighted by Gasteiger charge is 2.22. The zero-order valence-corrected chi connectivity index (χ0v) is 33.5. The second kappa shape index (κ2) is 28.5. The Morgan fingerprint density at radius 3 is 0.978 bits per heavy atom. The van der Waals surface area contributed by atoms with Gasteiger partial charge in [-0.1, -0.05) is 111 Å². The Bertz CT molecular complexity index is 785. The molecule has 8 heteroatoms. The molecule has 46 heavy (non-hydrogen) atoms. The van der Waals surface area contributed by atoms with Crippen molar-refractivity contribution in [1.29, 1.82) is 0 Å². The van der Waals surface area contributed by atoms with Crippen LogP contribution >= 0.6 is 0 Å². The van der Waals surface area contributed by atoms with E-state index in [2.05, 4.69) is 93.7 Å². The van der Waals surface area contributed by atoms with E-state index in [-0.39, 0.29) is 53.4 Å². The molecular weight excluding hydrogens is 576 g/mol. The number of nitrogens with two attached hydrogens (primary N) is 2. The summed E-state index contributed by atoms with van der Waals surface area (Å²) in [5.74, 6) is 3.22. The Morgan fingerprint density at radius 1 is 0.435 bits per heavy atom. The monoisotopic (exact) mass is 657 g/mol. The van der Waals surface area contributed by atoms with Gasteiger partial charge in [0.1, 0.15) is 11.6 Å². The first-order valence-corrected chi connectivity index (χ1v) is 17.9. The van der Waals surface area contributed by atoms with Crippen molar-refractivity contribution in [3.8, 4) is 0 Å². The SMILES string of the molecule is CC(=O)C(CC(C)C)NC(C)C.CC(=O)C(N)CC(C)C.CC(C)CC(N)C(=O)C(C)C.CC(C)CC(NC(C)C)C(=O)C(C)C. The van der Waals surface area contributed by atoms with E-state index in [1.807, 2.05) is 27.7 Å². The molecule has 0 fully saturated rings. The van der Waals surface area contributed by atoms with E-state index in [1.54, 1.807) is 6.92 Å². The molecule has 8 nitrogen and oxygen atoms in total. The topological polar surface area (TPSA) is 144 Å². The van der Waals surface area contributed by atoms with Crippen molar-refractivity contribution in [3.63, 3.8) is 0 Å². The van der Waals surface area contributed by atoms with Crippen LogP contribution in [0.25, 0.3) is 0 Å². The molecule has 0 saturated carbocycles. The number of hydrogen-bond acceptors (Lipinski definition) is 8. The zero-order valence-electron chi connectivity index (χ0n) is 33.5. The van der Waals surface area contributed by atoms with Crippen LogP contribution in [0.5, 0.6) is 0 Å². The molecule has 4 unspecified atom stereocenters. The van der Waals surface area contributed by atoms with Gasteiger partial charge in [0.2, 0.25) is 0 Å². The third-order valence-corrected chi connectivity index (χ3v) is 6.79. The summed E-state index contributed by atoms with van der Waals surface area (Å²) < 4.78 is 0. The Labute approximate surface area is 286 Å². The van der Waals surface area contributed by atoms with Gasteiger partial charge in [0, 0.05) is 23.9 Å². The number of ketones is 4. The van der Waals surface area contributed by atoms with E-state index >= 15 is 0 Å². The molecule has 0 amide bonds. The smallest absolute Gasteiger partial charge is 0.152 e. The largest absolute Gasteiger partial charge is 0.322 e. The van der Waals surface area contributed by atoms with Crippen LogP contribution in [0.15, 0.2) is 0 Å². The van der Waals surface area contributed by atoms with Crippen LogP contribution in [-0.2, 0) is 19.2 Å². The van der Waals surface area contributed by atoms with E-state index < -0.39 is 0 Å². The molecule has 0 aliphatic heterocycles. The Morgan fingerprint density at radius 2 is 0.739 bits per heavy atom. The van der Waals surface area contributed by atoms with Gasteiger partial charge < -0.3 is 22.1 Å². The van der Waals surface area contributed by atoms with Crippen LogP contribution in [-0.4, -0.2) is 59.4 Å². The van der Waals surface area contributed by atoms with E-state index in [1.165, 1.54) is 6.92 Å². The fraction of sp³-hybridized carbons (Fsp3) is 0.895. The predicted octanol–water partition coefficient (Wildman–Crippen LogP) is 7.15. The number of nitrogens with one attached hydrogen (secondary N) is 2. The molecule has 0 aromatic heterocycles. The van der Waals surface area contributed by atoms with Gasteiger partial charge in [0.25, 0.3) is 0 Å². The molecule has 0 heterocycles. The van der Waals surface area contributed by atoms with Gasteiger partial charge in [0.05, 0.1) is 24.2 Å². The normalized spacial score (nSPS) is 14.0. The maximum atomic E-state index is 11.9. The lowest BCUT2D eigenvalue weighted by Gasteiger charge is -2.23. The highest BCUT2D eigenvalue weighted by molar-refractivity contribution is 5.86. The molecule has 0 aliphatic rings. The molecule has 276 valence electrons. The number of rotatable bonds is 18. The number of carbonyl (C=O) groups is 4. The molecule has 0 aliphatic carbocycles. The molecule has 0 aromatic carbocycles. The Balaban J connectivity index is -0.000000259.